The molecule has 1 saturated heterocycles. The summed E-state index contributed by atoms with van der Waals surface area (Å²) in [6.07, 6.45) is 3.93. The van der Waals surface area contributed by atoms with Crippen molar-refractivity contribution in [2.45, 2.75) is 31.7 Å². The Labute approximate surface area is 160 Å². The van der Waals surface area contributed by atoms with Crippen LogP contribution in [0.3, 0.4) is 0 Å². The predicted molar refractivity (Wildman–Crippen MR) is 104 cm³/mol. The van der Waals surface area contributed by atoms with E-state index in [9.17, 15) is 9.59 Å². The summed E-state index contributed by atoms with van der Waals surface area (Å²) in [7, 11) is 3.30. The molecule has 1 aliphatic heterocycles. The van der Waals surface area contributed by atoms with Gasteiger partial charge < -0.3 is 15.5 Å². The van der Waals surface area contributed by atoms with Crippen molar-refractivity contribution in [3.05, 3.63) is 34.9 Å². The number of likely N-dealkylation sites (tertiary alicyclic amines) is 1. The molecule has 1 aromatic rings. The standard InChI is InChI=1S/C19H29ClN4O2/c1-21-18(25)10-13-23(2)19(26)22-14-17(24-11-4-3-5-12-24)15-6-8-16(20)9-7-15/h6-9,17H,3-5,10-14H2,1-2H3,(H,21,25)(H,22,26)/t17-/m0/s1. The summed E-state index contributed by atoms with van der Waals surface area (Å²) in [6, 6.07) is 7.82. The van der Waals surface area contributed by atoms with E-state index < -0.39 is 0 Å². The Morgan fingerprint density at radius 1 is 1.19 bits per heavy atom. The zero-order valence-electron chi connectivity index (χ0n) is 15.6. The molecular formula is C19H29ClN4O2. The summed E-state index contributed by atoms with van der Waals surface area (Å²) in [5.74, 6) is -0.0722. The van der Waals surface area contributed by atoms with Gasteiger partial charge in [0.05, 0.1) is 6.04 Å². The third-order valence-corrected chi connectivity index (χ3v) is 5.08. The van der Waals surface area contributed by atoms with Crippen molar-refractivity contribution < 1.29 is 9.59 Å². The van der Waals surface area contributed by atoms with Gasteiger partial charge in [-0.3, -0.25) is 9.69 Å². The Hall–Kier alpha value is -1.79. The van der Waals surface area contributed by atoms with Crippen LogP contribution in [-0.2, 0) is 4.79 Å². The van der Waals surface area contributed by atoms with Crippen LogP contribution in [0, 0.1) is 0 Å². The average Bonchev–Trinajstić information content (AvgIpc) is 2.67. The number of nitrogens with one attached hydrogen (secondary N) is 2. The van der Waals surface area contributed by atoms with Crippen molar-refractivity contribution in [2.75, 3.05) is 40.3 Å². The highest BCUT2D eigenvalue weighted by Crippen LogP contribution is 2.25. The van der Waals surface area contributed by atoms with E-state index in [0.29, 0.717) is 24.5 Å². The largest absolute Gasteiger partial charge is 0.359 e. The lowest BCUT2D eigenvalue weighted by Crippen LogP contribution is -2.44. The number of amides is 3. The second-order valence-corrected chi connectivity index (χ2v) is 7.13. The molecule has 0 spiro atoms. The molecule has 7 heteroatoms. The number of hydrogen-bond acceptors (Lipinski definition) is 3. The molecule has 0 saturated carbocycles. The lowest BCUT2D eigenvalue weighted by Gasteiger charge is -2.35. The maximum atomic E-state index is 12.4. The normalized spacial score (nSPS) is 16.0. The van der Waals surface area contributed by atoms with Crippen LogP contribution in [-0.4, -0.2) is 62.0 Å². The lowest BCUT2D eigenvalue weighted by atomic mass is 10.0. The van der Waals surface area contributed by atoms with E-state index in [1.807, 2.05) is 24.3 Å². The molecule has 1 aliphatic rings. The molecular weight excluding hydrogens is 352 g/mol. The van der Waals surface area contributed by atoms with Gasteiger partial charge in [-0.15, -0.1) is 0 Å². The summed E-state index contributed by atoms with van der Waals surface area (Å²) in [4.78, 5) is 27.7. The maximum Gasteiger partial charge on any atom is 0.317 e. The van der Waals surface area contributed by atoms with Crippen LogP contribution >= 0.6 is 11.6 Å². The van der Waals surface area contributed by atoms with Crippen LogP contribution in [0.25, 0.3) is 0 Å². The monoisotopic (exact) mass is 380 g/mol. The first-order valence-corrected chi connectivity index (χ1v) is 9.58. The minimum atomic E-state index is -0.162. The molecule has 26 heavy (non-hydrogen) atoms. The molecule has 6 nitrogen and oxygen atoms in total. The fourth-order valence-corrected chi connectivity index (χ4v) is 3.31. The van der Waals surface area contributed by atoms with E-state index in [0.717, 1.165) is 18.7 Å². The lowest BCUT2D eigenvalue weighted by molar-refractivity contribution is -0.120. The highest BCUT2D eigenvalue weighted by molar-refractivity contribution is 6.30. The highest BCUT2D eigenvalue weighted by Gasteiger charge is 2.23. The molecule has 1 atom stereocenters. The van der Waals surface area contributed by atoms with Gasteiger partial charge in [0.25, 0.3) is 0 Å². The number of rotatable bonds is 7. The third kappa shape index (κ3) is 6.18. The van der Waals surface area contributed by atoms with Crippen LogP contribution in [0.4, 0.5) is 4.79 Å². The van der Waals surface area contributed by atoms with Crippen molar-refractivity contribution >= 4 is 23.5 Å². The molecule has 2 N–H and O–H groups in total. The first-order valence-electron chi connectivity index (χ1n) is 9.20. The minimum Gasteiger partial charge on any atom is -0.359 e. The topological polar surface area (TPSA) is 64.7 Å². The van der Waals surface area contributed by atoms with E-state index in [2.05, 4.69) is 15.5 Å². The molecule has 3 amide bonds. The van der Waals surface area contributed by atoms with Gasteiger partial charge in [0, 0.05) is 38.6 Å². The maximum absolute atomic E-state index is 12.4. The molecule has 2 rings (SSSR count). The van der Waals surface area contributed by atoms with Crippen molar-refractivity contribution in [1.29, 1.82) is 0 Å². The number of nitrogens with zero attached hydrogens (tertiary/aromatic N) is 2. The van der Waals surface area contributed by atoms with Crippen molar-refractivity contribution in [1.82, 2.24) is 20.4 Å². The van der Waals surface area contributed by atoms with Crippen molar-refractivity contribution in [3.8, 4) is 0 Å². The molecule has 0 bridgehead atoms. The fraction of sp³-hybridized carbons (Fsp3) is 0.579. The SMILES string of the molecule is CNC(=O)CCN(C)C(=O)NC[C@@H](c1ccc(Cl)cc1)N1CCCCC1. The van der Waals surface area contributed by atoms with E-state index in [4.69, 9.17) is 11.6 Å². The van der Waals surface area contributed by atoms with Gasteiger partial charge in [0.1, 0.15) is 0 Å². The molecule has 1 heterocycles. The summed E-state index contributed by atoms with van der Waals surface area (Å²) in [5, 5.41) is 6.29. The van der Waals surface area contributed by atoms with Gasteiger partial charge in [0.15, 0.2) is 0 Å². The second-order valence-electron chi connectivity index (χ2n) is 6.69. The van der Waals surface area contributed by atoms with Crippen LogP contribution in [0.1, 0.15) is 37.3 Å². The van der Waals surface area contributed by atoms with E-state index in [-0.39, 0.29) is 18.0 Å². The quantitative estimate of drug-likeness (QED) is 0.764. The number of halogens is 1. The molecule has 144 valence electrons. The number of carbonyl (C=O) groups excluding carboxylic acids is 2. The number of benzene rings is 1. The minimum absolute atomic E-state index is 0.0722. The van der Waals surface area contributed by atoms with Gasteiger partial charge in [-0.1, -0.05) is 30.2 Å². The Kier molecular flexibility index (Phi) is 8.19. The summed E-state index contributed by atoms with van der Waals surface area (Å²) >= 11 is 6.02. The first-order chi connectivity index (χ1) is 12.5. The predicted octanol–water partition coefficient (Wildman–Crippen LogP) is 2.64. The molecule has 0 aliphatic carbocycles. The van der Waals surface area contributed by atoms with Gasteiger partial charge in [-0.05, 0) is 43.6 Å². The molecule has 1 fully saturated rings. The summed E-state index contributed by atoms with van der Waals surface area (Å²) in [5.41, 5.74) is 1.16. The fourth-order valence-electron chi connectivity index (χ4n) is 3.19. The van der Waals surface area contributed by atoms with Crippen LogP contribution in [0.15, 0.2) is 24.3 Å². The van der Waals surface area contributed by atoms with Gasteiger partial charge in [0.2, 0.25) is 5.91 Å². The smallest absolute Gasteiger partial charge is 0.317 e. The highest BCUT2D eigenvalue weighted by atomic mass is 35.5. The second kappa shape index (κ2) is 10.4. The van der Waals surface area contributed by atoms with E-state index in [1.54, 1.807) is 19.0 Å². The van der Waals surface area contributed by atoms with Crippen LogP contribution in [0.2, 0.25) is 5.02 Å². The van der Waals surface area contributed by atoms with E-state index in [1.165, 1.54) is 19.3 Å². The van der Waals surface area contributed by atoms with Crippen molar-refractivity contribution in [2.24, 2.45) is 0 Å². The van der Waals surface area contributed by atoms with E-state index >= 15 is 0 Å². The Morgan fingerprint density at radius 3 is 2.46 bits per heavy atom. The average molecular weight is 381 g/mol. The number of carbonyl (C=O) groups is 2. The van der Waals surface area contributed by atoms with Gasteiger partial charge in [-0.2, -0.15) is 0 Å². The molecule has 0 aromatic heterocycles. The van der Waals surface area contributed by atoms with Crippen molar-refractivity contribution in [3.63, 3.8) is 0 Å². The number of hydrogen-bond donors (Lipinski definition) is 2. The molecule has 0 radical (unpaired) electrons. The number of piperidine rings is 1. The Morgan fingerprint density at radius 2 is 1.85 bits per heavy atom. The van der Waals surface area contributed by atoms with Gasteiger partial charge in [-0.25, -0.2) is 4.79 Å². The van der Waals surface area contributed by atoms with Crippen LogP contribution in [0.5, 0.6) is 0 Å². The van der Waals surface area contributed by atoms with Crippen LogP contribution < -0.4 is 10.6 Å². The molecule has 1 aromatic carbocycles. The molecule has 0 unspecified atom stereocenters. The Balaban J connectivity index is 1.96. The zero-order valence-corrected chi connectivity index (χ0v) is 16.4. The summed E-state index contributed by atoms with van der Waals surface area (Å²) < 4.78 is 0. The van der Waals surface area contributed by atoms with Gasteiger partial charge >= 0.3 is 6.03 Å². The third-order valence-electron chi connectivity index (χ3n) is 4.83. The summed E-state index contributed by atoms with van der Waals surface area (Å²) in [6.45, 7) is 3.00. The zero-order chi connectivity index (χ0) is 18.9. The Bertz CT molecular complexity index is 588. The number of urea groups is 1. The first kappa shape index (κ1) is 20.5.